The lowest BCUT2D eigenvalue weighted by Crippen LogP contribution is -2.04. The molecule has 13 heavy (non-hydrogen) atoms. The first-order valence-electron chi connectivity index (χ1n) is 3.17. The van der Waals surface area contributed by atoms with Crippen LogP contribution < -0.4 is 0 Å². The second-order valence-electron chi connectivity index (χ2n) is 2.28. The van der Waals surface area contributed by atoms with E-state index in [4.69, 9.17) is 9.66 Å². The summed E-state index contributed by atoms with van der Waals surface area (Å²) < 4.78 is 29.7. The fourth-order valence-corrected chi connectivity index (χ4v) is 2.61. The van der Waals surface area contributed by atoms with Gasteiger partial charge in [0.25, 0.3) is 0 Å². The van der Waals surface area contributed by atoms with E-state index >= 15 is 0 Å². The predicted molar refractivity (Wildman–Crippen MR) is 45.5 cm³/mol. The summed E-state index contributed by atoms with van der Waals surface area (Å²) in [4.78, 5) is 10.3. The number of rotatable bonds is 3. The second-order valence-corrected chi connectivity index (χ2v) is 4.81. The van der Waals surface area contributed by atoms with Crippen LogP contribution in [0.5, 0.6) is 0 Å². The van der Waals surface area contributed by atoms with Crippen molar-refractivity contribution in [3.63, 3.8) is 0 Å². The molecule has 0 radical (unpaired) electrons. The normalized spacial score (nSPS) is 11.5. The van der Waals surface area contributed by atoms with E-state index < -0.39 is 22.5 Å². The smallest absolute Gasteiger partial charge is 0.307 e. The number of carboxylic acids is 1. The van der Waals surface area contributed by atoms with Crippen molar-refractivity contribution >= 4 is 27.4 Å². The molecule has 72 valence electrons. The van der Waals surface area contributed by atoms with Gasteiger partial charge in [-0.05, 0) is 17.0 Å². The maximum absolute atomic E-state index is 10.7. The zero-order valence-electron chi connectivity index (χ0n) is 6.30. The number of hydrogen-bond donors (Lipinski definition) is 2. The van der Waals surface area contributed by atoms with Crippen molar-refractivity contribution in [1.82, 2.24) is 0 Å². The van der Waals surface area contributed by atoms with Gasteiger partial charge in [-0.1, -0.05) is 0 Å². The van der Waals surface area contributed by atoms with Gasteiger partial charge in [0.15, 0.2) is 4.21 Å². The molecule has 1 heterocycles. The third-order valence-electron chi connectivity index (χ3n) is 1.28. The van der Waals surface area contributed by atoms with Crippen LogP contribution in [0.3, 0.4) is 0 Å². The summed E-state index contributed by atoms with van der Waals surface area (Å²) in [7, 11) is -4.28. The highest BCUT2D eigenvalue weighted by Gasteiger charge is 2.18. The van der Waals surface area contributed by atoms with Gasteiger partial charge in [0.2, 0.25) is 0 Å². The zero-order valence-corrected chi connectivity index (χ0v) is 7.93. The molecule has 0 unspecified atom stereocenters. The molecule has 1 aromatic heterocycles. The van der Waals surface area contributed by atoms with E-state index in [0.29, 0.717) is 0 Å². The summed E-state index contributed by atoms with van der Waals surface area (Å²) in [5.41, 5.74) is 0.111. The van der Waals surface area contributed by atoms with Crippen molar-refractivity contribution in [2.45, 2.75) is 10.6 Å². The van der Waals surface area contributed by atoms with Crippen LogP contribution in [0, 0.1) is 0 Å². The van der Waals surface area contributed by atoms with Crippen LogP contribution in [0.15, 0.2) is 15.7 Å². The monoisotopic (exact) mass is 222 g/mol. The van der Waals surface area contributed by atoms with E-state index in [9.17, 15) is 13.2 Å². The molecule has 0 aromatic carbocycles. The van der Waals surface area contributed by atoms with Crippen molar-refractivity contribution in [2.75, 3.05) is 0 Å². The summed E-state index contributed by atoms with van der Waals surface area (Å²) in [6.07, 6.45) is -0.404. The van der Waals surface area contributed by atoms with E-state index in [-0.39, 0.29) is 9.77 Å². The SMILES string of the molecule is O=C(O)Cc1ccsc1S(=O)(=O)O. The Labute approximate surface area is 78.4 Å². The van der Waals surface area contributed by atoms with E-state index in [2.05, 4.69) is 0 Å². The Morgan fingerprint density at radius 3 is 2.62 bits per heavy atom. The Bertz CT molecular complexity index is 416. The maximum Gasteiger partial charge on any atom is 0.307 e. The molecule has 0 bridgehead atoms. The van der Waals surface area contributed by atoms with Crippen LogP contribution >= 0.6 is 11.3 Å². The maximum atomic E-state index is 10.7. The molecule has 5 nitrogen and oxygen atoms in total. The van der Waals surface area contributed by atoms with Crippen LogP contribution in [0.4, 0.5) is 0 Å². The summed E-state index contributed by atoms with van der Waals surface area (Å²) >= 11 is 0.797. The van der Waals surface area contributed by atoms with Gasteiger partial charge in [-0.3, -0.25) is 9.35 Å². The number of thiophene rings is 1. The second kappa shape index (κ2) is 3.44. The molecule has 0 aliphatic rings. The summed E-state index contributed by atoms with van der Waals surface area (Å²) in [6, 6.07) is 1.36. The Hall–Kier alpha value is -0.920. The number of carbonyl (C=O) groups is 1. The van der Waals surface area contributed by atoms with Gasteiger partial charge in [-0.25, -0.2) is 0 Å². The van der Waals surface area contributed by atoms with E-state index in [1.165, 1.54) is 11.4 Å². The van der Waals surface area contributed by atoms with Gasteiger partial charge in [-0.15, -0.1) is 11.3 Å². The minimum Gasteiger partial charge on any atom is -0.481 e. The Kier molecular flexibility index (Phi) is 2.69. The highest BCUT2D eigenvalue weighted by molar-refractivity contribution is 7.88. The van der Waals surface area contributed by atoms with E-state index in [0.717, 1.165) is 11.3 Å². The lowest BCUT2D eigenvalue weighted by Gasteiger charge is -1.95. The Balaban J connectivity index is 3.11. The molecule has 0 spiro atoms. The summed E-state index contributed by atoms with van der Waals surface area (Å²) in [6.45, 7) is 0. The fraction of sp³-hybridized carbons (Fsp3) is 0.167. The largest absolute Gasteiger partial charge is 0.481 e. The standard InChI is InChI=1S/C6H6O5S2/c7-5(8)3-4-1-2-12-6(4)13(9,10)11/h1-2H,3H2,(H,7,8)(H,9,10,11). The van der Waals surface area contributed by atoms with Gasteiger partial charge >= 0.3 is 16.1 Å². The van der Waals surface area contributed by atoms with Crippen molar-refractivity contribution in [2.24, 2.45) is 0 Å². The van der Waals surface area contributed by atoms with Gasteiger partial charge in [0.1, 0.15) is 0 Å². The van der Waals surface area contributed by atoms with Gasteiger partial charge in [0.05, 0.1) is 6.42 Å². The van der Waals surface area contributed by atoms with E-state index in [1.807, 2.05) is 0 Å². The summed E-state index contributed by atoms with van der Waals surface area (Å²) in [5, 5.41) is 9.82. The average Bonchev–Trinajstić information content (AvgIpc) is 2.31. The van der Waals surface area contributed by atoms with Gasteiger partial charge < -0.3 is 5.11 Å². The van der Waals surface area contributed by atoms with Gasteiger partial charge in [0, 0.05) is 0 Å². The first-order chi connectivity index (χ1) is 5.91. The molecule has 0 saturated carbocycles. The number of aliphatic carboxylic acids is 1. The lowest BCUT2D eigenvalue weighted by atomic mass is 10.2. The fourth-order valence-electron chi connectivity index (χ4n) is 0.842. The van der Waals surface area contributed by atoms with Crippen molar-refractivity contribution < 1.29 is 22.9 Å². The van der Waals surface area contributed by atoms with E-state index in [1.54, 1.807) is 0 Å². The Morgan fingerprint density at radius 2 is 2.15 bits per heavy atom. The number of hydrogen-bond acceptors (Lipinski definition) is 4. The van der Waals surface area contributed by atoms with Crippen LogP contribution in [-0.2, 0) is 21.3 Å². The first kappa shape index (κ1) is 10.2. The van der Waals surface area contributed by atoms with Crippen molar-refractivity contribution in [3.8, 4) is 0 Å². The van der Waals surface area contributed by atoms with Crippen molar-refractivity contribution in [1.29, 1.82) is 0 Å². The predicted octanol–water partition coefficient (Wildman–Crippen LogP) is 0.622. The van der Waals surface area contributed by atoms with Crippen LogP contribution in [0.1, 0.15) is 5.56 Å². The molecule has 0 atom stereocenters. The van der Waals surface area contributed by atoms with Crippen LogP contribution in [0.25, 0.3) is 0 Å². The van der Waals surface area contributed by atoms with Crippen LogP contribution in [0.2, 0.25) is 0 Å². The molecular weight excluding hydrogens is 216 g/mol. The highest BCUT2D eigenvalue weighted by Crippen LogP contribution is 2.22. The van der Waals surface area contributed by atoms with Gasteiger partial charge in [-0.2, -0.15) is 8.42 Å². The molecule has 7 heteroatoms. The van der Waals surface area contributed by atoms with Crippen LogP contribution in [-0.4, -0.2) is 24.0 Å². The molecule has 0 aliphatic carbocycles. The quantitative estimate of drug-likeness (QED) is 0.731. The molecule has 0 saturated heterocycles. The lowest BCUT2D eigenvalue weighted by molar-refractivity contribution is -0.136. The zero-order chi connectivity index (χ0) is 10.1. The third kappa shape index (κ3) is 2.51. The highest BCUT2D eigenvalue weighted by atomic mass is 32.3. The topological polar surface area (TPSA) is 91.7 Å². The number of carboxylic acid groups (broad SMARTS) is 1. The molecular formula is C6H6O5S2. The molecule has 0 aliphatic heterocycles. The summed E-state index contributed by atoms with van der Waals surface area (Å²) in [5.74, 6) is -1.14. The molecule has 2 N–H and O–H groups in total. The Morgan fingerprint density at radius 1 is 1.54 bits per heavy atom. The van der Waals surface area contributed by atoms with Crippen molar-refractivity contribution in [3.05, 3.63) is 17.0 Å². The minimum atomic E-state index is -4.28. The first-order valence-corrected chi connectivity index (χ1v) is 5.49. The third-order valence-corrected chi connectivity index (χ3v) is 3.68. The minimum absolute atomic E-state index is 0.111. The average molecular weight is 222 g/mol. The molecule has 0 amide bonds. The molecule has 1 aromatic rings. The molecule has 0 fully saturated rings. The molecule has 1 rings (SSSR count).